The SMILES string of the molecule is O=C(NCCO)NCC1CCS(=O)(=O)C1. The van der Waals surface area contributed by atoms with E-state index >= 15 is 0 Å². The molecule has 0 bridgehead atoms. The van der Waals surface area contributed by atoms with Crippen molar-refractivity contribution >= 4 is 15.9 Å². The van der Waals surface area contributed by atoms with Crippen LogP contribution in [0.15, 0.2) is 0 Å². The van der Waals surface area contributed by atoms with Gasteiger partial charge in [-0.25, -0.2) is 13.2 Å². The number of urea groups is 1. The number of carbonyl (C=O) groups is 1. The monoisotopic (exact) mass is 236 g/mol. The predicted octanol–water partition coefficient (Wildman–Crippen LogP) is -1.29. The van der Waals surface area contributed by atoms with E-state index in [0.717, 1.165) is 0 Å². The molecule has 0 spiro atoms. The fourth-order valence-electron chi connectivity index (χ4n) is 1.50. The fraction of sp³-hybridized carbons (Fsp3) is 0.875. The van der Waals surface area contributed by atoms with Crippen molar-refractivity contribution in [2.24, 2.45) is 5.92 Å². The molecule has 1 heterocycles. The summed E-state index contributed by atoms with van der Waals surface area (Å²) in [7, 11) is -2.87. The molecule has 0 aromatic heterocycles. The van der Waals surface area contributed by atoms with Crippen molar-refractivity contribution in [2.75, 3.05) is 31.2 Å². The summed E-state index contributed by atoms with van der Waals surface area (Å²) in [5.74, 6) is 0.403. The highest BCUT2D eigenvalue weighted by Crippen LogP contribution is 2.17. The molecule has 1 aliphatic heterocycles. The van der Waals surface area contributed by atoms with Crippen LogP contribution in [0.25, 0.3) is 0 Å². The molecule has 1 unspecified atom stereocenters. The lowest BCUT2D eigenvalue weighted by molar-refractivity contribution is 0.233. The Hall–Kier alpha value is -0.820. The van der Waals surface area contributed by atoms with E-state index in [9.17, 15) is 13.2 Å². The molecule has 15 heavy (non-hydrogen) atoms. The Labute approximate surface area is 89.0 Å². The molecule has 1 rings (SSSR count). The van der Waals surface area contributed by atoms with Gasteiger partial charge in [-0.1, -0.05) is 0 Å². The molecule has 1 saturated heterocycles. The van der Waals surface area contributed by atoms with Crippen LogP contribution < -0.4 is 10.6 Å². The summed E-state index contributed by atoms with van der Waals surface area (Å²) >= 11 is 0. The lowest BCUT2D eigenvalue weighted by atomic mass is 10.1. The van der Waals surface area contributed by atoms with E-state index in [2.05, 4.69) is 10.6 Å². The zero-order chi connectivity index (χ0) is 11.3. The number of aliphatic hydroxyl groups excluding tert-OH is 1. The minimum Gasteiger partial charge on any atom is -0.395 e. The van der Waals surface area contributed by atoms with Crippen LogP contribution in [-0.2, 0) is 9.84 Å². The van der Waals surface area contributed by atoms with Gasteiger partial charge in [-0.05, 0) is 12.3 Å². The molecule has 1 aliphatic rings. The van der Waals surface area contributed by atoms with Gasteiger partial charge in [-0.2, -0.15) is 0 Å². The number of hydrogen-bond donors (Lipinski definition) is 3. The average molecular weight is 236 g/mol. The number of amides is 2. The lowest BCUT2D eigenvalue weighted by Crippen LogP contribution is -2.39. The van der Waals surface area contributed by atoms with Crippen molar-refractivity contribution in [3.63, 3.8) is 0 Å². The van der Waals surface area contributed by atoms with Crippen LogP contribution in [0.2, 0.25) is 0 Å². The topological polar surface area (TPSA) is 95.5 Å². The van der Waals surface area contributed by atoms with Crippen molar-refractivity contribution in [3.8, 4) is 0 Å². The molecule has 0 aromatic carbocycles. The van der Waals surface area contributed by atoms with Crippen LogP contribution in [0.5, 0.6) is 0 Å². The second-order valence-corrected chi connectivity index (χ2v) is 5.86. The van der Waals surface area contributed by atoms with Gasteiger partial charge in [0.05, 0.1) is 18.1 Å². The molecule has 7 heteroatoms. The van der Waals surface area contributed by atoms with Gasteiger partial charge in [0.1, 0.15) is 0 Å². The number of aliphatic hydroxyl groups is 1. The Kier molecular flexibility index (Phi) is 4.34. The minimum atomic E-state index is -2.87. The Morgan fingerprint density at radius 1 is 1.40 bits per heavy atom. The van der Waals surface area contributed by atoms with Crippen LogP contribution in [0.4, 0.5) is 4.79 Å². The Balaban J connectivity index is 2.18. The molecule has 2 amide bonds. The van der Waals surface area contributed by atoms with Crippen LogP contribution in [0.1, 0.15) is 6.42 Å². The van der Waals surface area contributed by atoms with Crippen LogP contribution >= 0.6 is 0 Å². The van der Waals surface area contributed by atoms with Crippen LogP contribution in [-0.4, -0.2) is 50.8 Å². The second-order valence-electron chi connectivity index (χ2n) is 3.63. The first kappa shape index (κ1) is 12.3. The smallest absolute Gasteiger partial charge is 0.314 e. The van der Waals surface area contributed by atoms with Gasteiger partial charge in [0, 0.05) is 13.1 Å². The zero-order valence-corrected chi connectivity index (χ0v) is 9.22. The van der Waals surface area contributed by atoms with Crippen molar-refractivity contribution in [3.05, 3.63) is 0 Å². The fourth-order valence-corrected chi connectivity index (χ4v) is 3.36. The van der Waals surface area contributed by atoms with Gasteiger partial charge in [0.2, 0.25) is 0 Å². The summed E-state index contributed by atoms with van der Waals surface area (Å²) in [5, 5.41) is 13.4. The second kappa shape index (κ2) is 5.32. The first-order chi connectivity index (χ1) is 7.03. The maximum atomic E-state index is 11.1. The Morgan fingerprint density at radius 3 is 2.67 bits per heavy atom. The highest BCUT2D eigenvalue weighted by atomic mass is 32.2. The molecule has 1 fully saturated rings. The van der Waals surface area contributed by atoms with Crippen molar-refractivity contribution in [1.29, 1.82) is 0 Å². The third-order valence-electron chi connectivity index (χ3n) is 2.28. The number of carbonyl (C=O) groups excluding carboxylic acids is 1. The molecule has 1 atom stereocenters. The van der Waals surface area contributed by atoms with E-state index in [4.69, 9.17) is 5.11 Å². The third kappa shape index (κ3) is 4.48. The largest absolute Gasteiger partial charge is 0.395 e. The quantitative estimate of drug-likeness (QED) is 0.566. The first-order valence-corrected chi connectivity index (χ1v) is 6.68. The van der Waals surface area contributed by atoms with Crippen molar-refractivity contribution in [1.82, 2.24) is 10.6 Å². The summed E-state index contributed by atoms with van der Waals surface area (Å²) in [5.41, 5.74) is 0. The van der Waals surface area contributed by atoms with Crippen molar-refractivity contribution in [2.45, 2.75) is 6.42 Å². The molecule has 6 nitrogen and oxygen atoms in total. The van der Waals surface area contributed by atoms with Gasteiger partial charge in [-0.3, -0.25) is 0 Å². The highest BCUT2D eigenvalue weighted by molar-refractivity contribution is 7.91. The van der Waals surface area contributed by atoms with E-state index in [1.165, 1.54) is 0 Å². The molecule has 0 aromatic rings. The predicted molar refractivity (Wildman–Crippen MR) is 55.2 cm³/mol. The van der Waals surface area contributed by atoms with Crippen molar-refractivity contribution < 1.29 is 18.3 Å². The number of rotatable bonds is 4. The summed E-state index contributed by atoms with van der Waals surface area (Å²) in [4.78, 5) is 11.0. The first-order valence-electron chi connectivity index (χ1n) is 4.86. The number of sulfone groups is 1. The molecule has 0 radical (unpaired) electrons. The van der Waals surface area contributed by atoms with Gasteiger partial charge in [0.15, 0.2) is 9.84 Å². The van der Waals surface area contributed by atoms with Gasteiger partial charge < -0.3 is 15.7 Å². The highest BCUT2D eigenvalue weighted by Gasteiger charge is 2.27. The zero-order valence-electron chi connectivity index (χ0n) is 8.40. The molecule has 0 aliphatic carbocycles. The molecule has 88 valence electrons. The maximum Gasteiger partial charge on any atom is 0.314 e. The normalized spacial score (nSPS) is 23.7. The molecule has 3 N–H and O–H groups in total. The lowest BCUT2D eigenvalue weighted by Gasteiger charge is -2.09. The standard InChI is InChI=1S/C8H16N2O4S/c11-3-2-9-8(12)10-5-7-1-4-15(13,14)6-7/h7,11H,1-6H2,(H2,9,10,12). The molecular weight excluding hydrogens is 220 g/mol. The molecular formula is C8H16N2O4S. The van der Waals surface area contributed by atoms with Gasteiger partial charge in [0.25, 0.3) is 0 Å². The van der Waals surface area contributed by atoms with E-state index in [-0.39, 0.29) is 36.6 Å². The number of nitrogens with one attached hydrogen (secondary N) is 2. The summed E-state index contributed by atoms with van der Waals surface area (Å²) in [6.07, 6.45) is 0.614. The van der Waals surface area contributed by atoms with Gasteiger partial charge in [-0.15, -0.1) is 0 Å². The number of hydrogen-bond acceptors (Lipinski definition) is 4. The Morgan fingerprint density at radius 2 is 2.13 bits per heavy atom. The summed E-state index contributed by atoms with van der Waals surface area (Å²) in [6.45, 7) is 0.469. The van der Waals surface area contributed by atoms with E-state index in [1.54, 1.807) is 0 Å². The molecule has 0 saturated carbocycles. The summed E-state index contributed by atoms with van der Waals surface area (Å²) in [6, 6.07) is -0.367. The summed E-state index contributed by atoms with van der Waals surface area (Å²) < 4.78 is 22.2. The Bertz CT molecular complexity index is 315. The van der Waals surface area contributed by atoms with E-state index in [0.29, 0.717) is 13.0 Å². The van der Waals surface area contributed by atoms with Crippen LogP contribution in [0.3, 0.4) is 0 Å². The van der Waals surface area contributed by atoms with Crippen LogP contribution in [0, 0.1) is 5.92 Å². The van der Waals surface area contributed by atoms with E-state index in [1.807, 2.05) is 0 Å². The minimum absolute atomic E-state index is 0.0230. The van der Waals surface area contributed by atoms with E-state index < -0.39 is 9.84 Å². The maximum absolute atomic E-state index is 11.1. The third-order valence-corrected chi connectivity index (χ3v) is 4.11. The average Bonchev–Trinajstić information content (AvgIpc) is 2.52. The van der Waals surface area contributed by atoms with Gasteiger partial charge >= 0.3 is 6.03 Å².